The molecule has 3 rings (SSSR count). The minimum absolute atomic E-state index is 0.0150. The minimum Gasteiger partial charge on any atom is -0.329 e. The number of H-pyrrole nitrogens is 1. The molecule has 0 saturated carbocycles. The maximum Gasteiger partial charge on any atom is 0.178 e. The molecule has 0 bridgehead atoms. The predicted octanol–water partition coefficient (Wildman–Crippen LogP) is 1.83. The SMILES string of the molecule is CC(c1nncn1C)n1c(=S)[nH]c2cnccc21. The lowest BCUT2D eigenvalue weighted by molar-refractivity contribution is 0.581. The molecule has 0 fully saturated rings. The average Bonchev–Trinajstić information content (AvgIpc) is 2.91. The van der Waals surface area contributed by atoms with E-state index in [-0.39, 0.29) is 6.04 Å². The minimum atomic E-state index is 0.0150. The van der Waals surface area contributed by atoms with Crippen LogP contribution in [-0.4, -0.2) is 29.3 Å². The van der Waals surface area contributed by atoms with Gasteiger partial charge in [-0.3, -0.25) is 4.98 Å². The van der Waals surface area contributed by atoms with Crippen LogP contribution in [0.5, 0.6) is 0 Å². The number of nitrogens with zero attached hydrogens (tertiary/aromatic N) is 5. The van der Waals surface area contributed by atoms with Crippen molar-refractivity contribution in [1.82, 2.24) is 29.3 Å². The molecule has 0 amide bonds. The number of fused-ring (bicyclic) bond motifs is 1. The second-order valence-electron chi connectivity index (χ2n) is 4.17. The molecule has 7 heteroatoms. The lowest BCUT2D eigenvalue weighted by atomic mass is 10.3. The van der Waals surface area contributed by atoms with Crippen LogP contribution in [0, 0.1) is 4.77 Å². The Bertz CT molecular complexity index is 752. The van der Waals surface area contributed by atoms with Gasteiger partial charge in [0.25, 0.3) is 0 Å². The van der Waals surface area contributed by atoms with Gasteiger partial charge in [0, 0.05) is 13.2 Å². The van der Waals surface area contributed by atoms with Gasteiger partial charge < -0.3 is 14.1 Å². The number of imidazole rings is 1. The van der Waals surface area contributed by atoms with Gasteiger partial charge in [-0.05, 0) is 25.2 Å². The fourth-order valence-electron chi connectivity index (χ4n) is 2.15. The Hall–Kier alpha value is -2.02. The second-order valence-corrected chi connectivity index (χ2v) is 4.56. The molecule has 3 aromatic rings. The highest BCUT2D eigenvalue weighted by Crippen LogP contribution is 2.21. The molecule has 1 unspecified atom stereocenters. The Balaban J connectivity index is 2.23. The van der Waals surface area contributed by atoms with Gasteiger partial charge in [0.2, 0.25) is 0 Å². The Morgan fingerprint density at radius 2 is 2.28 bits per heavy atom. The van der Waals surface area contributed by atoms with Crippen molar-refractivity contribution in [3.05, 3.63) is 35.4 Å². The average molecular weight is 260 g/mol. The maximum absolute atomic E-state index is 5.37. The number of aromatic amines is 1. The molecule has 0 spiro atoms. The number of hydrogen-bond donors (Lipinski definition) is 1. The third-order valence-electron chi connectivity index (χ3n) is 3.03. The van der Waals surface area contributed by atoms with Gasteiger partial charge >= 0.3 is 0 Å². The van der Waals surface area contributed by atoms with Crippen LogP contribution in [0.25, 0.3) is 11.0 Å². The number of pyridine rings is 1. The summed E-state index contributed by atoms with van der Waals surface area (Å²) < 4.78 is 4.58. The van der Waals surface area contributed by atoms with Crippen LogP contribution < -0.4 is 0 Å². The van der Waals surface area contributed by atoms with E-state index in [9.17, 15) is 0 Å². The topological polar surface area (TPSA) is 64.3 Å². The third kappa shape index (κ3) is 1.55. The monoisotopic (exact) mass is 260 g/mol. The van der Waals surface area contributed by atoms with Gasteiger partial charge in [0.15, 0.2) is 10.6 Å². The van der Waals surface area contributed by atoms with E-state index < -0.39 is 0 Å². The van der Waals surface area contributed by atoms with Crippen molar-refractivity contribution in [3.63, 3.8) is 0 Å². The van der Waals surface area contributed by atoms with E-state index in [0.717, 1.165) is 16.9 Å². The molecular weight excluding hydrogens is 248 g/mol. The first kappa shape index (κ1) is 11.1. The van der Waals surface area contributed by atoms with Crippen molar-refractivity contribution in [2.75, 3.05) is 0 Å². The second kappa shape index (κ2) is 4.02. The lowest BCUT2D eigenvalue weighted by Gasteiger charge is -2.13. The highest BCUT2D eigenvalue weighted by molar-refractivity contribution is 7.71. The van der Waals surface area contributed by atoms with E-state index >= 15 is 0 Å². The molecule has 92 valence electrons. The van der Waals surface area contributed by atoms with Gasteiger partial charge in [0.05, 0.1) is 23.3 Å². The summed E-state index contributed by atoms with van der Waals surface area (Å²) in [5, 5.41) is 8.04. The van der Waals surface area contributed by atoms with Gasteiger partial charge in [-0.1, -0.05) is 0 Å². The molecule has 0 aliphatic rings. The van der Waals surface area contributed by atoms with Crippen LogP contribution in [0.2, 0.25) is 0 Å². The van der Waals surface area contributed by atoms with Crippen molar-refractivity contribution in [2.24, 2.45) is 7.05 Å². The van der Waals surface area contributed by atoms with Crippen molar-refractivity contribution in [2.45, 2.75) is 13.0 Å². The van der Waals surface area contributed by atoms with Crippen LogP contribution in [0.1, 0.15) is 18.8 Å². The fraction of sp³-hybridized carbons (Fsp3) is 0.273. The van der Waals surface area contributed by atoms with E-state index in [2.05, 4.69) is 20.2 Å². The van der Waals surface area contributed by atoms with Crippen LogP contribution in [-0.2, 0) is 7.05 Å². The van der Waals surface area contributed by atoms with Crippen LogP contribution >= 0.6 is 12.2 Å². The standard InChI is InChI=1S/C11H12N6S/c1-7(10-15-13-6-16(10)2)17-9-3-4-12-5-8(9)14-11(17)18/h3-7H,1-2H3,(H,14,18). The number of aryl methyl sites for hydroxylation is 1. The number of aromatic nitrogens is 6. The Labute approximate surface area is 108 Å². The Morgan fingerprint density at radius 3 is 3.00 bits per heavy atom. The van der Waals surface area contributed by atoms with Gasteiger partial charge in [-0.15, -0.1) is 10.2 Å². The van der Waals surface area contributed by atoms with Gasteiger partial charge in [-0.25, -0.2) is 0 Å². The normalized spacial score (nSPS) is 13.0. The molecule has 0 saturated heterocycles. The Kier molecular flexibility index (Phi) is 2.48. The zero-order chi connectivity index (χ0) is 12.7. The summed E-state index contributed by atoms with van der Waals surface area (Å²) in [6.07, 6.45) is 5.21. The first-order valence-corrected chi connectivity index (χ1v) is 5.97. The van der Waals surface area contributed by atoms with E-state index in [4.69, 9.17) is 12.2 Å². The van der Waals surface area contributed by atoms with Crippen LogP contribution in [0.3, 0.4) is 0 Å². The summed E-state index contributed by atoms with van der Waals surface area (Å²) >= 11 is 5.37. The molecular formula is C11H12N6S. The molecule has 0 aromatic carbocycles. The van der Waals surface area contributed by atoms with E-state index in [1.807, 2.05) is 29.2 Å². The van der Waals surface area contributed by atoms with E-state index in [0.29, 0.717) is 4.77 Å². The summed E-state index contributed by atoms with van der Waals surface area (Å²) in [4.78, 5) is 7.23. The highest BCUT2D eigenvalue weighted by Gasteiger charge is 2.17. The van der Waals surface area contributed by atoms with Crippen molar-refractivity contribution in [1.29, 1.82) is 0 Å². The molecule has 18 heavy (non-hydrogen) atoms. The van der Waals surface area contributed by atoms with Crippen molar-refractivity contribution < 1.29 is 0 Å². The first-order chi connectivity index (χ1) is 8.68. The molecule has 0 aliphatic heterocycles. The number of rotatable bonds is 2. The van der Waals surface area contributed by atoms with Crippen LogP contribution in [0.15, 0.2) is 24.8 Å². The quantitative estimate of drug-likeness (QED) is 0.714. The van der Waals surface area contributed by atoms with Crippen molar-refractivity contribution >= 4 is 23.3 Å². The highest BCUT2D eigenvalue weighted by atomic mass is 32.1. The maximum atomic E-state index is 5.37. The zero-order valence-corrected chi connectivity index (χ0v) is 10.8. The third-order valence-corrected chi connectivity index (χ3v) is 3.32. The smallest absolute Gasteiger partial charge is 0.178 e. The molecule has 3 heterocycles. The number of hydrogen-bond acceptors (Lipinski definition) is 4. The lowest BCUT2D eigenvalue weighted by Crippen LogP contribution is -2.12. The summed E-state index contributed by atoms with van der Waals surface area (Å²) in [6.45, 7) is 2.05. The summed E-state index contributed by atoms with van der Waals surface area (Å²) in [7, 11) is 1.92. The molecule has 0 radical (unpaired) electrons. The summed E-state index contributed by atoms with van der Waals surface area (Å²) in [6, 6.07) is 1.95. The van der Waals surface area contributed by atoms with Gasteiger partial charge in [0.1, 0.15) is 6.33 Å². The largest absolute Gasteiger partial charge is 0.329 e. The zero-order valence-electron chi connectivity index (χ0n) is 10.0. The first-order valence-electron chi connectivity index (χ1n) is 5.56. The predicted molar refractivity (Wildman–Crippen MR) is 69.7 cm³/mol. The molecule has 3 aromatic heterocycles. The molecule has 1 N–H and O–H groups in total. The van der Waals surface area contributed by atoms with E-state index in [1.165, 1.54) is 0 Å². The fourth-order valence-corrected chi connectivity index (χ4v) is 2.52. The van der Waals surface area contributed by atoms with Crippen LogP contribution in [0.4, 0.5) is 0 Å². The van der Waals surface area contributed by atoms with E-state index in [1.54, 1.807) is 18.7 Å². The number of nitrogens with one attached hydrogen (secondary N) is 1. The van der Waals surface area contributed by atoms with Crippen molar-refractivity contribution in [3.8, 4) is 0 Å². The summed E-state index contributed by atoms with van der Waals surface area (Å²) in [5.41, 5.74) is 1.95. The van der Waals surface area contributed by atoms with Gasteiger partial charge in [-0.2, -0.15) is 0 Å². The Morgan fingerprint density at radius 1 is 1.44 bits per heavy atom. The molecule has 1 atom stereocenters. The molecule has 6 nitrogen and oxygen atoms in total. The summed E-state index contributed by atoms with van der Waals surface area (Å²) in [5.74, 6) is 0.865. The molecule has 0 aliphatic carbocycles.